The Morgan fingerprint density at radius 2 is 2.08 bits per heavy atom. The van der Waals surface area contributed by atoms with Crippen LogP contribution >= 0.6 is 0 Å². The molecule has 1 N–H and O–H groups in total. The molecule has 0 radical (unpaired) electrons. The molecule has 0 bridgehead atoms. The van der Waals surface area contributed by atoms with Crippen LogP contribution in [-0.4, -0.2) is 29.2 Å². The van der Waals surface area contributed by atoms with Crippen LogP contribution in [0.1, 0.15) is 31.1 Å². The van der Waals surface area contributed by atoms with E-state index >= 15 is 0 Å². The van der Waals surface area contributed by atoms with Crippen LogP contribution in [0.15, 0.2) is 30.6 Å². The van der Waals surface area contributed by atoms with Gasteiger partial charge in [-0.25, -0.2) is 13.8 Å². The normalized spacial score (nSPS) is 21.7. The highest BCUT2D eigenvalue weighted by Gasteiger charge is 2.35. The van der Waals surface area contributed by atoms with Gasteiger partial charge in [-0.05, 0) is 43.2 Å². The van der Waals surface area contributed by atoms with E-state index in [1.54, 1.807) is 6.07 Å². The Labute approximate surface area is 146 Å². The summed E-state index contributed by atoms with van der Waals surface area (Å²) in [6, 6.07) is 4.49. The predicted molar refractivity (Wildman–Crippen MR) is 93.4 cm³/mol. The minimum atomic E-state index is -0.788. The van der Waals surface area contributed by atoms with Crippen LogP contribution in [0.25, 0.3) is 0 Å². The minimum absolute atomic E-state index is 0.317. The Bertz CT molecular complexity index is 741. The molecule has 2 aromatic rings. The third-order valence-electron chi connectivity index (χ3n) is 5.41. The average molecular weight is 346 g/mol. The average Bonchev–Trinajstić information content (AvgIpc) is 3.17. The molecule has 2 fully saturated rings. The molecule has 1 saturated heterocycles. The number of nitrogens with zero attached hydrogens (tertiary/aromatic N) is 3. The van der Waals surface area contributed by atoms with Crippen molar-refractivity contribution in [2.45, 2.75) is 25.3 Å². The van der Waals surface area contributed by atoms with Gasteiger partial charge in [0.15, 0.2) is 11.6 Å². The summed E-state index contributed by atoms with van der Waals surface area (Å²) >= 11 is 0. The van der Waals surface area contributed by atoms with Crippen molar-refractivity contribution in [3.05, 3.63) is 48.1 Å². The van der Waals surface area contributed by atoms with Gasteiger partial charge < -0.3 is 14.8 Å². The lowest BCUT2D eigenvalue weighted by Gasteiger charge is -2.22. The summed E-state index contributed by atoms with van der Waals surface area (Å²) in [6.45, 7) is 2.68. The molecule has 1 saturated carbocycles. The van der Waals surface area contributed by atoms with Gasteiger partial charge in [0.1, 0.15) is 5.82 Å². The maximum atomic E-state index is 13.5. The molecule has 0 unspecified atom stereocenters. The number of hydrogen-bond acceptors (Lipinski definition) is 3. The largest absolute Gasteiger partial charge is 0.371 e. The van der Waals surface area contributed by atoms with Crippen molar-refractivity contribution in [1.82, 2.24) is 14.9 Å². The number of aryl methyl sites for hydroxylation is 1. The van der Waals surface area contributed by atoms with E-state index in [1.165, 1.54) is 25.0 Å². The van der Waals surface area contributed by atoms with Gasteiger partial charge in [0, 0.05) is 50.8 Å². The number of halogens is 2. The van der Waals surface area contributed by atoms with Crippen molar-refractivity contribution < 1.29 is 8.78 Å². The van der Waals surface area contributed by atoms with Crippen molar-refractivity contribution >= 4 is 5.69 Å². The lowest BCUT2D eigenvalue weighted by atomic mass is 10.1. The quantitative estimate of drug-likeness (QED) is 0.871. The van der Waals surface area contributed by atoms with Crippen molar-refractivity contribution in [2.75, 3.05) is 24.5 Å². The molecular weight excluding hydrogens is 322 g/mol. The van der Waals surface area contributed by atoms with Crippen LogP contribution in [-0.2, 0) is 7.05 Å². The van der Waals surface area contributed by atoms with Crippen LogP contribution < -0.4 is 10.2 Å². The zero-order valence-corrected chi connectivity index (χ0v) is 14.5. The summed E-state index contributed by atoms with van der Waals surface area (Å²) in [4.78, 5) is 6.66. The second-order valence-corrected chi connectivity index (χ2v) is 7.32. The summed E-state index contributed by atoms with van der Waals surface area (Å²) in [7, 11) is 2.04. The molecule has 6 heteroatoms. The number of aromatic nitrogens is 2. The maximum Gasteiger partial charge on any atom is 0.160 e. The van der Waals surface area contributed by atoms with Crippen molar-refractivity contribution in [3.8, 4) is 0 Å². The van der Waals surface area contributed by atoms with Gasteiger partial charge in [-0.1, -0.05) is 0 Å². The van der Waals surface area contributed by atoms with Gasteiger partial charge in [0.25, 0.3) is 0 Å². The van der Waals surface area contributed by atoms with Gasteiger partial charge >= 0.3 is 0 Å². The molecular formula is C19H24F2N4. The first-order valence-electron chi connectivity index (χ1n) is 9.02. The van der Waals surface area contributed by atoms with Gasteiger partial charge in [-0.3, -0.25) is 0 Å². The zero-order valence-electron chi connectivity index (χ0n) is 14.5. The number of anilines is 1. The molecule has 1 aromatic heterocycles. The summed E-state index contributed by atoms with van der Waals surface area (Å²) < 4.78 is 28.7. The number of benzene rings is 1. The molecule has 4 nitrogen and oxygen atoms in total. The molecule has 25 heavy (non-hydrogen) atoms. The van der Waals surface area contributed by atoms with Gasteiger partial charge in [-0.2, -0.15) is 0 Å². The topological polar surface area (TPSA) is 33.1 Å². The van der Waals surface area contributed by atoms with E-state index in [9.17, 15) is 8.78 Å². The molecule has 0 amide bonds. The molecule has 4 rings (SSSR count). The first kappa shape index (κ1) is 16.5. The van der Waals surface area contributed by atoms with Gasteiger partial charge in [0.05, 0.1) is 6.04 Å². The van der Waals surface area contributed by atoms with E-state index in [-0.39, 0.29) is 0 Å². The SMILES string of the molecule is Cn1ccnc1[C@@H](NC[C@@H]1CCN(c2ccc(F)c(F)c2)C1)C1CC1. The highest BCUT2D eigenvalue weighted by atomic mass is 19.2. The second-order valence-electron chi connectivity index (χ2n) is 7.32. The zero-order chi connectivity index (χ0) is 17.4. The molecule has 1 aliphatic heterocycles. The Morgan fingerprint density at radius 1 is 1.24 bits per heavy atom. The van der Waals surface area contributed by atoms with E-state index < -0.39 is 11.6 Å². The van der Waals surface area contributed by atoms with Gasteiger partial charge in [-0.15, -0.1) is 0 Å². The fourth-order valence-corrected chi connectivity index (χ4v) is 3.78. The van der Waals surface area contributed by atoms with Crippen LogP contribution in [0.5, 0.6) is 0 Å². The molecule has 2 aliphatic rings. The Balaban J connectivity index is 1.36. The number of nitrogens with one attached hydrogen (secondary N) is 1. The van der Waals surface area contributed by atoms with E-state index in [0.717, 1.165) is 37.6 Å². The first-order valence-corrected chi connectivity index (χ1v) is 9.02. The Morgan fingerprint density at radius 3 is 2.76 bits per heavy atom. The summed E-state index contributed by atoms with van der Waals surface area (Å²) in [5, 5.41) is 3.72. The Kier molecular flexibility index (Phi) is 4.46. The molecule has 1 aliphatic carbocycles. The number of imidazole rings is 1. The lowest BCUT2D eigenvalue weighted by Crippen LogP contribution is -2.32. The van der Waals surface area contributed by atoms with Gasteiger partial charge in [0.2, 0.25) is 0 Å². The van der Waals surface area contributed by atoms with Crippen molar-refractivity contribution in [3.63, 3.8) is 0 Å². The molecule has 2 atom stereocenters. The standard InChI is InChI=1S/C19H24F2N4/c1-24-9-7-22-19(24)18(14-2-3-14)23-11-13-6-8-25(12-13)15-4-5-16(20)17(21)10-15/h4-5,7,9-10,13-14,18,23H,2-3,6,8,11-12H2,1H3/t13-,18-/m0/s1. The van der Waals surface area contributed by atoms with E-state index in [4.69, 9.17) is 0 Å². The van der Waals surface area contributed by atoms with Crippen molar-refractivity contribution in [1.29, 1.82) is 0 Å². The highest BCUT2D eigenvalue weighted by molar-refractivity contribution is 5.47. The molecule has 1 aromatic carbocycles. The fourth-order valence-electron chi connectivity index (χ4n) is 3.78. The van der Waals surface area contributed by atoms with Crippen LogP contribution in [0, 0.1) is 23.5 Å². The molecule has 134 valence electrons. The molecule has 2 heterocycles. The lowest BCUT2D eigenvalue weighted by molar-refractivity contribution is 0.404. The highest BCUT2D eigenvalue weighted by Crippen LogP contribution is 2.40. The maximum absolute atomic E-state index is 13.5. The van der Waals surface area contributed by atoms with E-state index in [2.05, 4.69) is 19.8 Å². The summed E-state index contributed by atoms with van der Waals surface area (Å²) in [6.07, 6.45) is 7.43. The van der Waals surface area contributed by atoms with E-state index in [0.29, 0.717) is 17.9 Å². The monoisotopic (exact) mass is 346 g/mol. The second kappa shape index (κ2) is 6.75. The fraction of sp³-hybridized carbons (Fsp3) is 0.526. The minimum Gasteiger partial charge on any atom is -0.371 e. The molecule has 0 spiro atoms. The summed E-state index contributed by atoms with van der Waals surface area (Å²) in [5.41, 5.74) is 0.768. The Hall–Kier alpha value is -1.95. The van der Waals surface area contributed by atoms with Crippen molar-refractivity contribution in [2.24, 2.45) is 18.9 Å². The smallest absolute Gasteiger partial charge is 0.160 e. The number of hydrogen-bond donors (Lipinski definition) is 1. The number of rotatable bonds is 6. The van der Waals surface area contributed by atoms with Crippen LogP contribution in [0.2, 0.25) is 0 Å². The third-order valence-corrected chi connectivity index (χ3v) is 5.41. The third kappa shape index (κ3) is 3.54. The first-order chi connectivity index (χ1) is 12.1. The summed E-state index contributed by atoms with van der Waals surface area (Å²) in [5.74, 6) is 0.739. The van der Waals surface area contributed by atoms with Crippen LogP contribution in [0.3, 0.4) is 0 Å². The van der Waals surface area contributed by atoms with E-state index in [1.807, 2.05) is 19.4 Å². The van der Waals surface area contributed by atoms with Crippen LogP contribution in [0.4, 0.5) is 14.5 Å². The predicted octanol–water partition coefficient (Wildman–Crippen LogP) is 3.27.